The minimum absolute atomic E-state index is 0. The maximum absolute atomic E-state index is 11.6. The molecule has 1 heterocycles. The topological polar surface area (TPSA) is 70.2 Å². The van der Waals surface area contributed by atoms with Crippen LogP contribution in [-0.2, 0) is 4.79 Å². The molecule has 0 radical (unpaired) electrons. The molecule has 2 amide bonds. The van der Waals surface area contributed by atoms with Gasteiger partial charge in [0.05, 0.1) is 11.4 Å². The molecule has 1 aromatic heterocycles. The van der Waals surface area contributed by atoms with Gasteiger partial charge in [-0.1, -0.05) is 6.07 Å². The first-order valence-electron chi connectivity index (χ1n) is 7.05. The Labute approximate surface area is 135 Å². The van der Waals surface area contributed by atoms with E-state index in [1.54, 1.807) is 6.07 Å². The van der Waals surface area contributed by atoms with E-state index in [-0.39, 0.29) is 24.2 Å². The van der Waals surface area contributed by atoms with Crippen LogP contribution in [0.15, 0.2) is 17.5 Å². The number of amides is 2. The van der Waals surface area contributed by atoms with Gasteiger partial charge >= 0.3 is 0 Å². The average Bonchev–Trinajstić information content (AvgIpc) is 3.09. The Morgan fingerprint density at radius 3 is 2.67 bits per heavy atom. The lowest BCUT2D eigenvalue weighted by Crippen LogP contribution is -2.36. The minimum Gasteiger partial charge on any atom is -0.355 e. The second-order valence-electron chi connectivity index (χ2n) is 5.01. The van der Waals surface area contributed by atoms with Gasteiger partial charge in [0.15, 0.2) is 0 Å². The molecule has 5 nitrogen and oxygen atoms in total. The molecular formula is C14H22ClN3O2S. The zero-order valence-corrected chi connectivity index (χ0v) is 13.5. The number of carbonyl (C=O) groups excluding carboxylic acids is 2. The van der Waals surface area contributed by atoms with E-state index < -0.39 is 0 Å². The molecule has 21 heavy (non-hydrogen) atoms. The van der Waals surface area contributed by atoms with E-state index in [4.69, 9.17) is 0 Å². The summed E-state index contributed by atoms with van der Waals surface area (Å²) >= 11 is 1.43. The number of hydrogen-bond acceptors (Lipinski definition) is 4. The molecule has 0 aliphatic heterocycles. The Morgan fingerprint density at radius 1 is 1.24 bits per heavy atom. The van der Waals surface area contributed by atoms with Crippen molar-refractivity contribution in [3.05, 3.63) is 22.4 Å². The molecule has 0 saturated heterocycles. The summed E-state index contributed by atoms with van der Waals surface area (Å²) in [6.07, 6.45) is 3.32. The monoisotopic (exact) mass is 331 g/mol. The molecule has 1 aromatic rings. The van der Waals surface area contributed by atoms with Crippen LogP contribution in [0.2, 0.25) is 0 Å². The largest absolute Gasteiger partial charge is 0.355 e. The Kier molecular flexibility index (Phi) is 8.34. The van der Waals surface area contributed by atoms with Crippen molar-refractivity contribution in [1.29, 1.82) is 0 Å². The quantitative estimate of drug-likeness (QED) is 0.599. The van der Waals surface area contributed by atoms with E-state index in [1.165, 1.54) is 24.2 Å². The van der Waals surface area contributed by atoms with Gasteiger partial charge < -0.3 is 16.0 Å². The predicted octanol–water partition coefficient (Wildman–Crippen LogP) is 1.41. The molecule has 0 aromatic carbocycles. The summed E-state index contributed by atoms with van der Waals surface area (Å²) in [5.41, 5.74) is 0. The van der Waals surface area contributed by atoms with Gasteiger partial charge in [-0.05, 0) is 43.2 Å². The minimum atomic E-state index is -0.0440. The number of thiophene rings is 1. The van der Waals surface area contributed by atoms with Crippen LogP contribution in [0.3, 0.4) is 0 Å². The molecule has 1 fully saturated rings. The van der Waals surface area contributed by atoms with Crippen molar-refractivity contribution in [2.45, 2.75) is 19.3 Å². The summed E-state index contributed by atoms with van der Waals surface area (Å²) in [4.78, 5) is 23.8. The predicted molar refractivity (Wildman–Crippen MR) is 87.1 cm³/mol. The van der Waals surface area contributed by atoms with Crippen LogP contribution in [0, 0.1) is 5.92 Å². The fourth-order valence-electron chi connectivity index (χ4n) is 1.79. The van der Waals surface area contributed by atoms with Crippen LogP contribution in [0.25, 0.3) is 0 Å². The molecule has 0 spiro atoms. The highest BCUT2D eigenvalue weighted by Gasteiger charge is 2.20. The van der Waals surface area contributed by atoms with Crippen LogP contribution in [0.1, 0.15) is 28.9 Å². The van der Waals surface area contributed by atoms with Crippen LogP contribution in [0.5, 0.6) is 0 Å². The van der Waals surface area contributed by atoms with Crippen molar-refractivity contribution in [2.75, 3.05) is 26.2 Å². The Balaban J connectivity index is 0.00000220. The Hall–Kier alpha value is -1.11. The number of halogens is 1. The van der Waals surface area contributed by atoms with E-state index in [9.17, 15) is 9.59 Å². The van der Waals surface area contributed by atoms with Gasteiger partial charge in [0.2, 0.25) is 5.91 Å². The van der Waals surface area contributed by atoms with Gasteiger partial charge in [-0.25, -0.2) is 0 Å². The molecule has 2 rings (SSSR count). The lowest BCUT2D eigenvalue weighted by molar-refractivity contribution is -0.120. The van der Waals surface area contributed by atoms with Crippen molar-refractivity contribution >= 4 is 35.6 Å². The zero-order valence-electron chi connectivity index (χ0n) is 11.9. The van der Waals surface area contributed by atoms with E-state index in [2.05, 4.69) is 16.0 Å². The summed E-state index contributed by atoms with van der Waals surface area (Å²) in [6, 6.07) is 3.65. The molecule has 3 N–H and O–H groups in total. The van der Waals surface area contributed by atoms with E-state index in [1.807, 2.05) is 11.4 Å². The summed E-state index contributed by atoms with van der Waals surface area (Å²) in [6.45, 7) is 2.50. The maximum atomic E-state index is 11.6. The van der Waals surface area contributed by atoms with E-state index in [0.29, 0.717) is 19.6 Å². The summed E-state index contributed by atoms with van der Waals surface area (Å²) in [5, 5.41) is 10.7. The third-order valence-corrected chi connectivity index (χ3v) is 3.99. The average molecular weight is 332 g/mol. The lowest BCUT2D eigenvalue weighted by Gasteiger charge is -2.07. The van der Waals surface area contributed by atoms with Gasteiger partial charge in [-0.2, -0.15) is 0 Å². The summed E-state index contributed by atoms with van der Waals surface area (Å²) in [7, 11) is 0. The summed E-state index contributed by atoms with van der Waals surface area (Å²) in [5.74, 6) is 0.767. The Bertz CT molecular complexity index is 435. The highest BCUT2D eigenvalue weighted by Crippen LogP contribution is 2.27. The van der Waals surface area contributed by atoms with Gasteiger partial charge in [0.25, 0.3) is 5.91 Å². The smallest absolute Gasteiger partial charge is 0.261 e. The molecule has 1 aliphatic carbocycles. The van der Waals surface area contributed by atoms with Crippen LogP contribution in [0.4, 0.5) is 0 Å². The van der Waals surface area contributed by atoms with E-state index in [0.717, 1.165) is 23.8 Å². The van der Waals surface area contributed by atoms with Crippen LogP contribution < -0.4 is 16.0 Å². The van der Waals surface area contributed by atoms with Crippen molar-refractivity contribution in [3.63, 3.8) is 0 Å². The molecule has 0 unspecified atom stereocenters. The van der Waals surface area contributed by atoms with Gasteiger partial charge in [0.1, 0.15) is 0 Å². The van der Waals surface area contributed by atoms with Crippen LogP contribution in [-0.4, -0.2) is 38.0 Å². The highest BCUT2D eigenvalue weighted by molar-refractivity contribution is 7.12. The molecule has 1 aliphatic rings. The molecule has 118 valence electrons. The molecule has 1 saturated carbocycles. The first-order chi connectivity index (χ1) is 9.75. The molecule has 0 atom stereocenters. The molecule has 7 heteroatoms. The maximum Gasteiger partial charge on any atom is 0.261 e. The van der Waals surface area contributed by atoms with Crippen LogP contribution >= 0.6 is 23.7 Å². The van der Waals surface area contributed by atoms with E-state index >= 15 is 0 Å². The third kappa shape index (κ3) is 7.45. The zero-order chi connectivity index (χ0) is 14.2. The fraction of sp³-hybridized carbons (Fsp3) is 0.571. The molecular weight excluding hydrogens is 310 g/mol. The van der Waals surface area contributed by atoms with Gasteiger partial charge in [-0.15, -0.1) is 23.7 Å². The fourth-order valence-corrected chi connectivity index (χ4v) is 2.43. The van der Waals surface area contributed by atoms with Crippen molar-refractivity contribution < 1.29 is 9.59 Å². The first-order valence-corrected chi connectivity index (χ1v) is 7.93. The normalized spacial score (nSPS) is 13.3. The lowest BCUT2D eigenvalue weighted by atomic mass is 10.3. The summed E-state index contributed by atoms with van der Waals surface area (Å²) < 4.78 is 0. The number of nitrogens with one attached hydrogen (secondary N) is 3. The number of rotatable bonds is 9. The highest BCUT2D eigenvalue weighted by atomic mass is 35.5. The van der Waals surface area contributed by atoms with Gasteiger partial charge in [0, 0.05) is 13.1 Å². The van der Waals surface area contributed by atoms with Crippen molar-refractivity contribution in [1.82, 2.24) is 16.0 Å². The SMILES string of the molecule is Cl.O=C(CNCC1CC1)NCCCNC(=O)c1cccs1. The number of carbonyl (C=O) groups is 2. The standard InChI is InChI=1S/C14H21N3O2S.ClH/c18-13(10-15-9-11-4-5-11)16-6-2-7-17-14(19)12-3-1-8-20-12;/h1,3,8,11,15H,2,4-7,9-10H2,(H,16,18)(H,17,19);1H. The molecule has 0 bridgehead atoms. The van der Waals surface area contributed by atoms with Crippen molar-refractivity contribution in [3.8, 4) is 0 Å². The number of hydrogen-bond donors (Lipinski definition) is 3. The first kappa shape index (κ1) is 17.9. The Morgan fingerprint density at radius 2 is 2.00 bits per heavy atom. The van der Waals surface area contributed by atoms with Crippen molar-refractivity contribution in [2.24, 2.45) is 5.92 Å². The second kappa shape index (κ2) is 9.76. The van der Waals surface area contributed by atoms with Gasteiger partial charge in [-0.3, -0.25) is 9.59 Å². The second-order valence-corrected chi connectivity index (χ2v) is 5.96. The third-order valence-electron chi connectivity index (χ3n) is 3.12.